The predicted molar refractivity (Wildman–Crippen MR) is 87.7 cm³/mol. The van der Waals surface area contributed by atoms with Crippen LogP contribution in [0, 0.1) is 11.6 Å². The standard InChI is InChI=1S/C20H19F2N/c21-19-8-4-7-18(20(19)22)15-11-16-9-10-17(12-15)23(16)13-14-5-2-1-3-6-14/h1-8,11,16-17H,9-10,12-13H2. The molecule has 118 valence electrons. The van der Waals surface area contributed by atoms with Gasteiger partial charge < -0.3 is 0 Å². The fraction of sp³-hybridized carbons (Fsp3) is 0.300. The topological polar surface area (TPSA) is 3.24 Å². The van der Waals surface area contributed by atoms with Gasteiger partial charge in [0.2, 0.25) is 0 Å². The summed E-state index contributed by atoms with van der Waals surface area (Å²) in [5, 5.41) is 0. The van der Waals surface area contributed by atoms with E-state index in [4.69, 9.17) is 0 Å². The van der Waals surface area contributed by atoms with Crippen LogP contribution in [0.5, 0.6) is 0 Å². The Morgan fingerprint density at radius 1 is 0.957 bits per heavy atom. The number of fused-ring (bicyclic) bond motifs is 2. The summed E-state index contributed by atoms with van der Waals surface area (Å²) in [5.41, 5.74) is 2.69. The molecule has 0 amide bonds. The molecule has 0 radical (unpaired) electrons. The van der Waals surface area contributed by atoms with Gasteiger partial charge in [0, 0.05) is 24.2 Å². The fourth-order valence-electron chi connectivity index (χ4n) is 3.91. The summed E-state index contributed by atoms with van der Waals surface area (Å²) >= 11 is 0. The predicted octanol–water partition coefficient (Wildman–Crippen LogP) is 4.79. The quantitative estimate of drug-likeness (QED) is 0.788. The van der Waals surface area contributed by atoms with E-state index in [2.05, 4.69) is 35.2 Å². The Hall–Kier alpha value is -2.00. The molecule has 0 saturated carbocycles. The molecule has 2 aromatic carbocycles. The molecule has 1 nitrogen and oxygen atoms in total. The van der Waals surface area contributed by atoms with Crippen LogP contribution in [0.25, 0.3) is 5.57 Å². The summed E-state index contributed by atoms with van der Waals surface area (Å²) in [4.78, 5) is 2.50. The summed E-state index contributed by atoms with van der Waals surface area (Å²) in [6.07, 6.45) is 5.15. The Morgan fingerprint density at radius 3 is 2.57 bits per heavy atom. The van der Waals surface area contributed by atoms with Crippen molar-refractivity contribution >= 4 is 5.57 Å². The maximum absolute atomic E-state index is 14.1. The molecular formula is C20H19F2N. The minimum Gasteiger partial charge on any atom is -0.289 e. The van der Waals surface area contributed by atoms with Crippen molar-refractivity contribution in [1.82, 2.24) is 4.90 Å². The Kier molecular flexibility index (Phi) is 3.74. The number of hydrogen-bond donors (Lipinski definition) is 0. The van der Waals surface area contributed by atoms with Crippen LogP contribution < -0.4 is 0 Å². The lowest BCUT2D eigenvalue weighted by Gasteiger charge is -2.34. The lowest BCUT2D eigenvalue weighted by molar-refractivity contribution is 0.203. The third-order valence-electron chi connectivity index (χ3n) is 5.05. The molecule has 2 aromatic rings. The normalized spacial score (nSPS) is 23.8. The molecule has 23 heavy (non-hydrogen) atoms. The lowest BCUT2D eigenvalue weighted by Crippen LogP contribution is -2.37. The SMILES string of the molecule is Fc1cccc(C2=CC3CCC(C2)N3Cc2ccccc2)c1F. The first-order chi connectivity index (χ1) is 11.2. The summed E-state index contributed by atoms with van der Waals surface area (Å²) in [6, 6.07) is 15.6. The molecule has 0 N–H and O–H groups in total. The number of nitrogens with zero attached hydrogens (tertiary/aromatic N) is 1. The van der Waals surface area contributed by atoms with Crippen molar-refractivity contribution < 1.29 is 8.78 Å². The smallest absolute Gasteiger partial charge is 0.166 e. The average Bonchev–Trinajstić information content (AvgIpc) is 2.80. The zero-order valence-electron chi connectivity index (χ0n) is 12.9. The molecule has 0 aliphatic carbocycles. The van der Waals surface area contributed by atoms with Gasteiger partial charge in [0.1, 0.15) is 0 Å². The van der Waals surface area contributed by atoms with Gasteiger partial charge in [0.15, 0.2) is 11.6 Å². The first-order valence-electron chi connectivity index (χ1n) is 8.17. The highest BCUT2D eigenvalue weighted by atomic mass is 19.2. The van der Waals surface area contributed by atoms with E-state index in [0.29, 0.717) is 17.6 Å². The number of benzene rings is 2. The molecule has 0 aromatic heterocycles. The van der Waals surface area contributed by atoms with Gasteiger partial charge in [0.05, 0.1) is 0 Å². The van der Waals surface area contributed by atoms with Crippen molar-refractivity contribution in [2.45, 2.75) is 37.9 Å². The Morgan fingerprint density at radius 2 is 1.78 bits per heavy atom. The van der Waals surface area contributed by atoms with E-state index in [-0.39, 0.29) is 0 Å². The minimum atomic E-state index is -0.762. The van der Waals surface area contributed by atoms with Gasteiger partial charge >= 0.3 is 0 Å². The highest BCUT2D eigenvalue weighted by molar-refractivity contribution is 5.68. The molecule has 2 atom stereocenters. The molecule has 2 bridgehead atoms. The van der Waals surface area contributed by atoms with Crippen molar-refractivity contribution in [2.75, 3.05) is 0 Å². The van der Waals surface area contributed by atoms with Crippen molar-refractivity contribution in [1.29, 1.82) is 0 Å². The van der Waals surface area contributed by atoms with Crippen LogP contribution in [-0.2, 0) is 6.54 Å². The molecule has 0 spiro atoms. The summed E-state index contributed by atoms with van der Waals surface area (Å²) < 4.78 is 27.6. The monoisotopic (exact) mass is 311 g/mol. The van der Waals surface area contributed by atoms with Gasteiger partial charge in [-0.3, -0.25) is 4.90 Å². The maximum atomic E-state index is 14.1. The second kappa shape index (κ2) is 5.89. The lowest BCUT2D eigenvalue weighted by atomic mass is 9.94. The van der Waals surface area contributed by atoms with E-state index in [9.17, 15) is 8.78 Å². The summed E-state index contributed by atoms with van der Waals surface area (Å²) in [7, 11) is 0. The highest BCUT2D eigenvalue weighted by Gasteiger charge is 2.37. The van der Waals surface area contributed by atoms with E-state index in [1.54, 1.807) is 12.1 Å². The number of hydrogen-bond acceptors (Lipinski definition) is 1. The van der Waals surface area contributed by atoms with Gasteiger partial charge in [-0.25, -0.2) is 8.78 Å². The number of rotatable bonds is 3. The summed E-state index contributed by atoms with van der Waals surface area (Å²) in [5.74, 6) is -1.47. The maximum Gasteiger partial charge on any atom is 0.166 e. The fourth-order valence-corrected chi connectivity index (χ4v) is 3.91. The molecule has 3 heteroatoms. The molecule has 2 unspecified atom stereocenters. The number of halogens is 2. The van der Waals surface area contributed by atoms with E-state index >= 15 is 0 Å². The van der Waals surface area contributed by atoms with E-state index < -0.39 is 11.6 Å². The van der Waals surface area contributed by atoms with Crippen molar-refractivity contribution in [3.8, 4) is 0 Å². The molecule has 4 rings (SSSR count). The van der Waals surface area contributed by atoms with E-state index in [0.717, 1.165) is 31.4 Å². The van der Waals surface area contributed by atoms with Crippen LogP contribution in [0.1, 0.15) is 30.4 Å². The average molecular weight is 311 g/mol. The first kappa shape index (κ1) is 14.6. The van der Waals surface area contributed by atoms with Gasteiger partial charge in [-0.05, 0) is 36.5 Å². The first-order valence-corrected chi connectivity index (χ1v) is 8.17. The van der Waals surface area contributed by atoms with Gasteiger partial charge in [-0.2, -0.15) is 0 Å². The van der Waals surface area contributed by atoms with Crippen molar-refractivity contribution in [3.63, 3.8) is 0 Å². The van der Waals surface area contributed by atoms with E-state index in [1.165, 1.54) is 11.6 Å². The molecular weight excluding hydrogens is 292 g/mol. The van der Waals surface area contributed by atoms with Crippen LogP contribution in [0.3, 0.4) is 0 Å². The molecule has 1 fully saturated rings. The minimum absolute atomic E-state index is 0.326. The van der Waals surface area contributed by atoms with Crippen LogP contribution in [0.2, 0.25) is 0 Å². The zero-order chi connectivity index (χ0) is 15.8. The Bertz CT molecular complexity index is 739. The van der Waals surface area contributed by atoms with Crippen LogP contribution >= 0.6 is 0 Å². The molecule has 2 aliphatic heterocycles. The summed E-state index contributed by atoms with van der Waals surface area (Å²) in [6.45, 7) is 0.922. The molecule has 1 saturated heterocycles. The van der Waals surface area contributed by atoms with Crippen LogP contribution in [0.4, 0.5) is 8.78 Å². The zero-order valence-corrected chi connectivity index (χ0v) is 12.9. The second-order valence-corrected chi connectivity index (χ2v) is 6.45. The largest absolute Gasteiger partial charge is 0.289 e. The van der Waals surface area contributed by atoms with Gasteiger partial charge in [0.25, 0.3) is 0 Å². The Balaban J connectivity index is 1.61. The van der Waals surface area contributed by atoms with Crippen LogP contribution in [0.15, 0.2) is 54.6 Å². The molecule has 2 aliphatic rings. The van der Waals surface area contributed by atoms with Crippen LogP contribution in [-0.4, -0.2) is 17.0 Å². The van der Waals surface area contributed by atoms with E-state index in [1.807, 2.05) is 6.07 Å². The van der Waals surface area contributed by atoms with Crippen molar-refractivity contribution in [2.24, 2.45) is 0 Å². The van der Waals surface area contributed by atoms with Gasteiger partial charge in [-0.15, -0.1) is 0 Å². The third kappa shape index (κ3) is 2.70. The highest BCUT2D eigenvalue weighted by Crippen LogP contribution is 2.40. The molecule has 2 heterocycles. The van der Waals surface area contributed by atoms with Crippen molar-refractivity contribution in [3.05, 3.63) is 77.4 Å². The second-order valence-electron chi connectivity index (χ2n) is 6.45. The third-order valence-corrected chi connectivity index (χ3v) is 5.05. The van der Waals surface area contributed by atoms with Gasteiger partial charge in [-0.1, -0.05) is 48.5 Å². The Labute approximate surface area is 135 Å².